The summed E-state index contributed by atoms with van der Waals surface area (Å²) in [6, 6.07) is 17.6. The van der Waals surface area contributed by atoms with Crippen LogP contribution in [0.3, 0.4) is 0 Å². The molecule has 4 rings (SSSR count). The lowest BCUT2D eigenvalue weighted by atomic mass is 10.00. The maximum atomic E-state index is 14.3. The summed E-state index contributed by atoms with van der Waals surface area (Å²) in [7, 11) is 1.55. The zero-order valence-electron chi connectivity index (χ0n) is 17.3. The molecule has 1 aliphatic rings. The Balaban J connectivity index is 1.52. The van der Waals surface area contributed by atoms with Gasteiger partial charge in [0.1, 0.15) is 18.2 Å². The van der Waals surface area contributed by atoms with Crippen LogP contribution in [0.15, 0.2) is 60.7 Å². The number of rotatable bonds is 6. The summed E-state index contributed by atoms with van der Waals surface area (Å²) in [6.45, 7) is 2.03. The molecule has 0 spiro atoms. The average Bonchev–Trinajstić information content (AvgIpc) is 2.79. The molecule has 6 heteroatoms. The Kier molecular flexibility index (Phi) is 5.80. The Morgan fingerprint density at radius 1 is 1.13 bits per heavy atom. The van der Waals surface area contributed by atoms with E-state index in [4.69, 9.17) is 19.3 Å². The van der Waals surface area contributed by atoms with E-state index in [9.17, 15) is 9.18 Å². The largest absolute Gasteiger partial charge is 0.497 e. The summed E-state index contributed by atoms with van der Waals surface area (Å²) in [5.74, 6) is 0.188. The number of halogens is 1. The maximum absolute atomic E-state index is 14.3. The number of fused-ring (bicyclic) bond motifs is 1. The number of benzene rings is 3. The molecule has 1 heterocycles. The van der Waals surface area contributed by atoms with E-state index in [-0.39, 0.29) is 11.9 Å². The smallest absolute Gasteiger partial charge is 0.306 e. The highest BCUT2D eigenvalue weighted by molar-refractivity contribution is 5.70. The predicted molar refractivity (Wildman–Crippen MR) is 114 cm³/mol. The van der Waals surface area contributed by atoms with Gasteiger partial charge in [0.25, 0.3) is 0 Å². The van der Waals surface area contributed by atoms with Gasteiger partial charge in [-0.1, -0.05) is 37.3 Å². The molecule has 160 valence electrons. The Hall–Kier alpha value is -3.54. The van der Waals surface area contributed by atoms with E-state index in [1.54, 1.807) is 26.2 Å². The number of carboxylic acid groups (broad SMARTS) is 1. The summed E-state index contributed by atoms with van der Waals surface area (Å²) in [5, 5.41) is 9.14. The lowest BCUT2D eigenvalue weighted by molar-refractivity contribution is -0.141. The van der Waals surface area contributed by atoms with Crippen molar-refractivity contribution < 1.29 is 28.5 Å². The number of methoxy groups -OCH3 is 1. The van der Waals surface area contributed by atoms with Crippen molar-refractivity contribution in [2.45, 2.75) is 19.4 Å². The van der Waals surface area contributed by atoms with E-state index in [1.165, 1.54) is 6.07 Å². The summed E-state index contributed by atoms with van der Waals surface area (Å²) >= 11 is 0. The van der Waals surface area contributed by atoms with Gasteiger partial charge >= 0.3 is 5.97 Å². The molecule has 1 aliphatic heterocycles. The summed E-state index contributed by atoms with van der Waals surface area (Å²) in [5.41, 5.74) is 2.99. The molecule has 0 radical (unpaired) electrons. The van der Waals surface area contributed by atoms with Crippen molar-refractivity contribution >= 4 is 5.97 Å². The standard InChI is InChI=1S/C25H23FO5/c1-15(25(27)28)11-16-3-10-22-23(12-16)31-24(14-30-22)18-6-4-17(5-7-18)20-13-19(29-2)8-9-21(20)26/h3-10,12-13,15,24H,11,14H2,1-2H3,(H,27,28). The van der Waals surface area contributed by atoms with Crippen LogP contribution in [0.4, 0.5) is 4.39 Å². The van der Waals surface area contributed by atoms with E-state index in [1.807, 2.05) is 42.5 Å². The normalized spacial score (nSPS) is 15.9. The molecular formula is C25H23FO5. The van der Waals surface area contributed by atoms with Crippen LogP contribution < -0.4 is 14.2 Å². The third-order valence-corrected chi connectivity index (χ3v) is 5.40. The molecule has 31 heavy (non-hydrogen) atoms. The zero-order valence-corrected chi connectivity index (χ0v) is 17.3. The van der Waals surface area contributed by atoms with E-state index in [0.29, 0.717) is 35.8 Å². The molecule has 0 amide bonds. The van der Waals surface area contributed by atoms with Crippen LogP contribution in [-0.4, -0.2) is 24.8 Å². The molecule has 5 nitrogen and oxygen atoms in total. The van der Waals surface area contributed by atoms with Gasteiger partial charge in [-0.15, -0.1) is 0 Å². The van der Waals surface area contributed by atoms with Crippen molar-refractivity contribution in [3.05, 3.63) is 77.6 Å². The van der Waals surface area contributed by atoms with Crippen LogP contribution in [0.25, 0.3) is 11.1 Å². The zero-order chi connectivity index (χ0) is 22.0. The second-order valence-corrected chi connectivity index (χ2v) is 7.61. The van der Waals surface area contributed by atoms with Gasteiger partial charge in [-0.2, -0.15) is 0 Å². The first kappa shape index (κ1) is 20.7. The monoisotopic (exact) mass is 422 g/mol. The molecule has 0 aromatic heterocycles. The molecule has 3 aromatic rings. The van der Waals surface area contributed by atoms with Crippen LogP contribution in [-0.2, 0) is 11.2 Å². The van der Waals surface area contributed by atoms with Gasteiger partial charge in [0.15, 0.2) is 17.6 Å². The Labute approximate surface area is 180 Å². The Bertz CT molecular complexity index is 1090. The van der Waals surface area contributed by atoms with E-state index in [2.05, 4.69) is 0 Å². The van der Waals surface area contributed by atoms with Crippen molar-refractivity contribution in [3.8, 4) is 28.4 Å². The lowest BCUT2D eigenvalue weighted by Gasteiger charge is -2.27. The Morgan fingerprint density at radius 3 is 2.61 bits per heavy atom. The van der Waals surface area contributed by atoms with Gasteiger partial charge in [-0.05, 0) is 53.4 Å². The fraction of sp³-hybridized carbons (Fsp3) is 0.240. The van der Waals surface area contributed by atoms with Crippen molar-refractivity contribution in [1.29, 1.82) is 0 Å². The molecule has 0 saturated heterocycles. The molecule has 0 fully saturated rings. The minimum atomic E-state index is -0.833. The minimum Gasteiger partial charge on any atom is -0.497 e. The van der Waals surface area contributed by atoms with Crippen molar-refractivity contribution in [2.75, 3.05) is 13.7 Å². The quantitative estimate of drug-likeness (QED) is 0.586. The minimum absolute atomic E-state index is 0.316. The number of hydrogen-bond donors (Lipinski definition) is 1. The second kappa shape index (κ2) is 8.68. The highest BCUT2D eigenvalue weighted by Crippen LogP contribution is 2.38. The maximum Gasteiger partial charge on any atom is 0.306 e. The molecule has 0 aliphatic carbocycles. The van der Waals surface area contributed by atoms with Crippen LogP contribution in [0.2, 0.25) is 0 Å². The number of ether oxygens (including phenoxy) is 3. The molecule has 2 unspecified atom stereocenters. The van der Waals surface area contributed by atoms with Gasteiger partial charge in [0, 0.05) is 5.56 Å². The summed E-state index contributed by atoms with van der Waals surface area (Å²) < 4.78 is 31.4. The number of aliphatic carboxylic acids is 1. The first-order chi connectivity index (χ1) is 14.9. The van der Waals surface area contributed by atoms with Crippen LogP contribution >= 0.6 is 0 Å². The van der Waals surface area contributed by atoms with Gasteiger partial charge in [-0.3, -0.25) is 4.79 Å². The van der Waals surface area contributed by atoms with Crippen molar-refractivity contribution in [2.24, 2.45) is 5.92 Å². The summed E-state index contributed by atoms with van der Waals surface area (Å²) in [6.07, 6.45) is 0.0982. The number of carbonyl (C=O) groups is 1. The SMILES string of the molecule is COc1ccc(F)c(-c2ccc(C3COc4ccc(CC(C)C(=O)O)cc4O3)cc2)c1. The van der Waals surface area contributed by atoms with E-state index >= 15 is 0 Å². The lowest BCUT2D eigenvalue weighted by Crippen LogP contribution is -2.21. The fourth-order valence-electron chi connectivity index (χ4n) is 3.58. The number of carboxylic acids is 1. The van der Waals surface area contributed by atoms with E-state index < -0.39 is 11.9 Å². The predicted octanol–water partition coefficient (Wildman–Crippen LogP) is 5.28. The van der Waals surface area contributed by atoms with Gasteiger partial charge in [0.05, 0.1) is 13.0 Å². The van der Waals surface area contributed by atoms with Crippen molar-refractivity contribution in [1.82, 2.24) is 0 Å². The van der Waals surface area contributed by atoms with Crippen LogP contribution in [0, 0.1) is 11.7 Å². The topological polar surface area (TPSA) is 65.0 Å². The van der Waals surface area contributed by atoms with Crippen LogP contribution in [0.1, 0.15) is 24.2 Å². The molecular weight excluding hydrogens is 399 g/mol. The average molecular weight is 422 g/mol. The molecule has 2 atom stereocenters. The van der Waals surface area contributed by atoms with Gasteiger partial charge in [0.2, 0.25) is 0 Å². The van der Waals surface area contributed by atoms with Crippen LogP contribution in [0.5, 0.6) is 17.2 Å². The highest BCUT2D eigenvalue weighted by Gasteiger charge is 2.24. The number of hydrogen-bond acceptors (Lipinski definition) is 4. The fourth-order valence-corrected chi connectivity index (χ4v) is 3.58. The molecule has 1 N–H and O–H groups in total. The van der Waals surface area contributed by atoms with Crippen molar-refractivity contribution in [3.63, 3.8) is 0 Å². The first-order valence-electron chi connectivity index (χ1n) is 10.0. The van der Waals surface area contributed by atoms with Gasteiger partial charge in [-0.25, -0.2) is 4.39 Å². The molecule has 0 bridgehead atoms. The van der Waals surface area contributed by atoms with E-state index in [0.717, 1.165) is 16.7 Å². The molecule has 3 aromatic carbocycles. The summed E-state index contributed by atoms with van der Waals surface area (Å²) in [4.78, 5) is 11.1. The Morgan fingerprint density at radius 2 is 1.90 bits per heavy atom. The second-order valence-electron chi connectivity index (χ2n) is 7.61. The third kappa shape index (κ3) is 4.48. The highest BCUT2D eigenvalue weighted by atomic mass is 19.1. The van der Waals surface area contributed by atoms with Gasteiger partial charge < -0.3 is 19.3 Å². The first-order valence-corrected chi connectivity index (χ1v) is 10.0. The third-order valence-electron chi connectivity index (χ3n) is 5.40. The molecule has 0 saturated carbocycles.